The number of anilines is 2. The summed E-state index contributed by atoms with van der Waals surface area (Å²) in [5.41, 5.74) is 8.29. The van der Waals surface area contributed by atoms with Crippen molar-refractivity contribution in [3.63, 3.8) is 0 Å². The number of nitrogens with two attached hydrogens (primary N) is 1. The Hall–Kier alpha value is -4.82. The lowest BCUT2D eigenvalue weighted by Crippen LogP contribution is -2.58. The number of hydrogen-bond donors (Lipinski definition) is 5. The fraction of sp³-hybridized carbons (Fsp3) is 0.400. The number of H-pyrrole nitrogens is 1. The Labute approximate surface area is 283 Å². The third-order valence-corrected chi connectivity index (χ3v) is 8.59. The number of pyridine rings is 2. The zero-order valence-electron chi connectivity index (χ0n) is 27.6. The van der Waals surface area contributed by atoms with E-state index in [9.17, 15) is 22.8 Å². The van der Waals surface area contributed by atoms with Gasteiger partial charge in [-0.2, -0.15) is 18.3 Å². The molecule has 14 heteroatoms. The van der Waals surface area contributed by atoms with Gasteiger partial charge in [-0.25, -0.2) is 9.97 Å². The standard InChI is InChI=1S/C33H36F3N9O2.C2H6/c34-33(35,36)23-12-13-39-26(17-23)42-31(46)21-10-8-20(9-11-21)28-27-29(44-43-28)22(18-40-30(27)37)5-4-15-45-16-14-38-25(19-45)32(47)41-24-6-2-1-3-7-24;1-2/h4-5,8-13,17-18,24-25,38H,1-3,6-7,14-16,19H2,(H2,37,40)(H,41,47)(H,43,44)(H,39,42,46);1-2H3/b5-4+;/t25-;/m1./s1. The van der Waals surface area contributed by atoms with Gasteiger partial charge in [-0.1, -0.05) is 57.4 Å². The third-order valence-electron chi connectivity index (χ3n) is 8.59. The molecule has 1 atom stereocenters. The van der Waals surface area contributed by atoms with E-state index in [-0.39, 0.29) is 35.2 Å². The number of carbonyl (C=O) groups is 2. The van der Waals surface area contributed by atoms with Crippen LogP contribution in [0.5, 0.6) is 0 Å². The van der Waals surface area contributed by atoms with Crippen LogP contribution in [0, 0.1) is 0 Å². The van der Waals surface area contributed by atoms with E-state index in [4.69, 9.17) is 5.73 Å². The number of hydrogen-bond acceptors (Lipinski definition) is 8. The molecule has 4 aromatic rings. The Morgan fingerprint density at radius 1 is 1.08 bits per heavy atom. The predicted molar refractivity (Wildman–Crippen MR) is 185 cm³/mol. The number of fused-ring (bicyclic) bond motifs is 1. The third kappa shape index (κ3) is 8.81. The van der Waals surface area contributed by atoms with Crippen LogP contribution in [0.3, 0.4) is 0 Å². The molecule has 4 heterocycles. The normalized spacial score (nSPS) is 17.4. The number of carbonyl (C=O) groups excluding carboxylic acids is 2. The van der Waals surface area contributed by atoms with Crippen molar-refractivity contribution < 1.29 is 22.8 Å². The minimum absolute atomic E-state index is 0.0699. The number of benzene rings is 1. The van der Waals surface area contributed by atoms with Gasteiger partial charge >= 0.3 is 6.18 Å². The zero-order chi connectivity index (χ0) is 35.0. The lowest BCUT2D eigenvalue weighted by Gasteiger charge is -2.33. The summed E-state index contributed by atoms with van der Waals surface area (Å²) in [4.78, 5) is 36.0. The molecule has 2 fully saturated rings. The van der Waals surface area contributed by atoms with Crippen LogP contribution < -0.4 is 21.7 Å². The summed E-state index contributed by atoms with van der Waals surface area (Å²) in [7, 11) is 0. The number of nitrogen functional groups attached to an aromatic ring is 1. The van der Waals surface area contributed by atoms with Crippen molar-refractivity contribution in [1.82, 2.24) is 35.7 Å². The molecule has 3 aromatic heterocycles. The summed E-state index contributed by atoms with van der Waals surface area (Å²) in [5, 5.41) is 17.1. The van der Waals surface area contributed by atoms with Gasteiger partial charge in [0.25, 0.3) is 5.91 Å². The van der Waals surface area contributed by atoms with E-state index in [1.54, 1.807) is 30.5 Å². The number of nitrogens with zero attached hydrogens (tertiary/aromatic N) is 4. The van der Waals surface area contributed by atoms with Gasteiger partial charge in [0.1, 0.15) is 17.2 Å². The maximum atomic E-state index is 13.0. The van der Waals surface area contributed by atoms with E-state index in [1.165, 1.54) is 19.3 Å². The molecule has 260 valence electrons. The molecule has 1 aliphatic carbocycles. The van der Waals surface area contributed by atoms with Crippen LogP contribution in [-0.4, -0.2) is 75.1 Å². The lowest BCUT2D eigenvalue weighted by atomic mass is 9.95. The molecule has 0 bridgehead atoms. The van der Waals surface area contributed by atoms with Crippen LogP contribution in [0.4, 0.5) is 24.8 Å². The molecule has 2 amide bonds. The molecule has 0 unspecified atom stereocenters. The highest BCUT2D eigenvalue weighted by molar-refractivity contribution is 6.05. The van der Waals surface area contributed by atoms with Gasteiger partial charge in [0.05, 0.1) is 22.7 Å². The zero-order valence-corrected chi connectivity index (χ0v) is 27.6. The van der Waals surface area contributed by atoms with Crippen LogP contribution in [0.1, 0.15) is 67.4 Å². The van der Waals surface area contributed by atoms with E-state index >= 15 is 0 Å². The van der Waals surface area contributed by atoms with E-state index < -0.39 is 17.6 Å². The highest BCUT2D eigenvalue weighted by Gasteiger charge is 2.31. The van der Waals surface area contributed by atoms with Crippen molar-refractivity contribution >= 4 is 40.4 Å². The Morgan fingerprint density at radius 2 is 1.84 bits per heavy atom. The van der Waals surface area contributed by atoms with E-state index in [2.05, 4.69) is 41.0 Å². The molecular weight excluding hydrogens is 635 g/mol. The second kappa shape index (κ2) is 16.1. The lowest BCUT2D eigenvalue weighted by molar-refractivity contribution is -0.137. The Bertz CT molecular complexity index is 1770. The fourth-order valence-electron chi connectivity index (χ4n) is 6.08. The summed E-state index contributed by atoms with van der Waals surface area (Å²) >= 11 is 0. The number of piperazine rings is 1. The predicted octanol–water partition coefficient (Wildman–Crippen LogP) is 5.64. The molecule has 1 aromatic carbocycles. The summed E-state index contributed by atoms with van der Waals surface area (Å²) in [6.45, 7) is 6.83. The van der Waals surface area contributed by atoms with Crippen LogP contribution in [0.25, 0.3) is 28.2 Å². The summed E-state index contributed by atoms with van der Waals surface area (Å²) in [6, 6.07) is 8.13. The molecule has 1 aliphatic heterocycles. The van der Waals surface area contributed by atoms with E-state index in [0.29, 0.717) is 35.2 Å². The summed E-state index contributed by atoms with van der Waals surface area (Å²) in [6.07, 6.45) is 7.75. The van der Waals surface area contributed by atoms with Gasteiger partial charge in [-0.3, -0.25) is 19.6 Å². The van der Waals surface area contributed by atoms with Crippen LogP contribution in [-0.2, 0) is 11.0 Å². The Kier molecular flexibility index (Phi) is 11.6. The van der Waals surface area contributed by atoms with Crippen LogP contribution in [0.15, 0.2) is 54.9 Å². The second-order valence-electron chi connectivity index (χ2n) is 11.9. The van der Waals surface area contributed by atoms with E-state index in [1.807, 2.05) is 26.0 Å². The maximum absolute atomic E-state index is 13.0. The van der Waals surface area contributed by atoms with Gasteiger partial charge in [0, 0.05) is 61.3 Å². The number of nitrogens with one attached hydrogen (secondary N) is 4. The first-order valence-corrected chi connectivity index (χ1v) is 16.7. The molecule has 1 saturated carbocycles. The topological polar surface area (TPSA) is 154 Å². The quantitative estimate of drug-likeness (QED) is 0.161. The number of aromatic amines is 1. The maximum Gasteiger partial charge on any atom is 0.416 e. The van der Waals surface area contributed by atoms with Crippen molar-refractivity contribution in [3.05, 3.63) is 71.6 Å². The average Bonchev–Trinajstić information content (AvgIpc) is 3.57. The minimum Gasteiger partial charge on any atom is -0.383 e. The van der Waals surface area contributed by atoms with Gasteiger partial charge in [-0.05, 0) is 37.1 Å². The number of amides is 2. The van der Waals surface area contributed by atoms with E-state index in [0.717, 1.165) is 49.8 Å². The molecule has 6 rings (SSSR count). The van der Waals surface area contributed by atoms with Crippen LogP contribution >= 0.6 is 0 Å². The molecular formula is C35H42F3N9O2. The van der Waals surface area contributed by atoms with Crippen molar-refractivity contribution in [2.45, 2.75) is 64.2 Å². The molecule has 0 spiro atoms. The molecule has 11 nitrogen and oxygen atoms in total. The first-order valence-electron chi connectivity index (χ1n) is 16.7. The monoisotopic (exact) mass is 677 g/mol. The number of alkyl halides is 3. The highest BCUT2D eigenvalue weighted by Crippen LogP contribution is 2.33. The minimum atomic E-state index is -4.55. The van der Waals surface area contributed by atoms with Gasteiger partial charge < -0.3 is 21.7 Å². The SMILES string of the molecule is CC.Nc1ncc(/C=C/CN2CCN[C@@H](C(=O)NC3CCCCC3)C2)c2n[nH]c(-c3ccc(C(=O)Nc4cc(C(F)(F)F)ccn4)cc3)c12. The number of halogens is 3. The second-order valence-corrected chi connectivity index (χ2v) is 11.9. The van der Waals surface area contributed by atoms with Crippen LogP contribution in [0.2, 0.25) is 0 Å². The van der Waals surface area contributed by atoms with Crippen molar-refractivity contribution in [1.29, 1.82) is 0 Å². The molecule has 49 heavy (non-hydrogen) atoms. The largest absolute Gasteiger partial charge is 0.416 e. The molecule has 6 N–H and O–H groups in total. The van der Waals surface area contributed by atoms with Crippen molar-refractivity contribution in [2.75, 3.05) is 37.2 Å². The first-order chi connectivity index (χ1) is 23.7. The molecule has 0 radical (unpaired) electrons. The Morgan fingerprint density at radius 3 is 2.57 bits per heavy atom. The number of aromatic nitrogens is 4. The average molecular weight is 678 g/mol. The van der Waals surface area contributed by atoms with Gasteiger partial charge in [0.2, 0.25) is 5.91 Å². The van der Waals surface area contributed by atoms with Crippen molar-refractivity contribution in [2.24, 2.45) is 0 Å². The Balaban J connectivity index is 0.00000230. The van der Waals surface area contributed by atoms with Gasteiger partial charge in [-0.15, -0.1) is 0 Å². The number of rotatable bonds is 8. The van der Waals surface area contributed by atoms with Crippen molar-refractivity contribution in [3.8, 4) is 11.3 Å². The smallest absolute Gasteiger partial charge is 0.383 e. The molecule has 2 aliphatic rings. The summed E-state index contributed by atoms with van der Waals surface area (Å²) in [5.74, 6) is -0.454. The summed E-state index contributed by atoms with van der Waals surface area (Å²) < 4.78 is 39.1. The fourth-order valence-corrected chi connectivity index (χ4v) is 6.08. The molecule has 1 saturated heterocycles. The first kappa shape index (κ1) is 35.5. The highest BCUT2D eigenvalue weighted by atomic mass is 19.4. The van der Waals surface area contributed by atoms with Gasteiger partial charge in [0.15, 0.2) is 0 Å².